The Bertz CT molecular complexity index is 166. The van der Waals surface area contributed by atoms with Crippen LogP contribution >= 0.6 is 19.9 Å². The monoisotopic (exact) mass is 159 g/mol. The maximum absolute atomic E-state index is 5.43. The molecule has 9 heavy (non-hydrogen) atoms. The van der Waals surface area contributed by atoms with Crippen molar-refractivity contribution in [2.24, 2.45) is 5.73 Å². The number of hydrogen-bond acceptors (Lipinski definition) is 2. The van der Waals surface area contributed by atoms with Crippen LogP contribution in [0.3, 0.4) is 0 Å². The summed E-state index contributed by atoms with van der Waals surface area (Å²) in [6.07, 6.45) is 0. The van der Waals surface area contributed by atoms with E-state index in [1.807, 2.05) is 0 Å². The molecule has 1 heterocycles. The van der Waals surface area contributed by atoms with Gasteiger partial charge in [-0.15, -0.1) is 11.3 Å². The molecule has 0 aliphatic carbocycles. The normalized spacial score (nSPS) is 11.3. The van der Waals surface area contributed by atoms with Gasteiger partial charge in [0.25, 0.3) is 0 Å². The quantitative estimate of drug-likeness (QED) is 0.643. The Morgan fingerprint density at radius 2 is 2.56 bits per heavy atom. The van der Waals surface area contributed by atoms with Crippen molar-refractivity contribution in [1.29, 1.82) is 0 Å². The number of nitrogens with two attached hydrogens (primary N) is 1. The van der Waals surface area contributed by atoms with Crippen molar-refractivity contribution in [2.75, 3.05) is 6.66 Å². The minimum Gasteiger partial charge on any atom is -0.326 e. The summed E-state index contributed by atoms with van der Waals surface area (Å²) in [5.74, 6) is 0. The first kappa shape index (κ1) is 7.20. The molecule has 1 unspecified atom stereocenters. The largest absolute Gasteiger partial charge is 0.326 e. The number of rotatable bonds is 2. The zero-order valence-corrected chi connectivity index (χ0v) is 7.16. The summed E-state index contributed by atoms with van der Waals surface area (Å²) in [4.78, 5) is 0. The predicted octanol–water partition coefficient (Wildman–Crippen LogP) is 1.14. The van der Waals surface area contributed by atoms with Crippen molar-refractivity contribution in [3.63, 3.8) is 0 Å². The van der Waals surface area contributed by atoms with Crippen molar-refractivity contribution >= 4 is 24.5 Å². The summed E-state index contributed by atoms with van der Waals surface area (Å²) in [5.41, 5.74) is 6.70. The maximum Gasteiger partial charge on any atom is 0.0248 e. The third-order valence-corrected chi connectivity index (χ3v) is 3.53. The van der Waals surface area contributed by atoms with Crippen molar-refractivity contribution < 1.29 is 0 Å². The first-order chi connectivity index (χ1) is 4.36. The summed E-state index contributed by atoms with van der Waals surface area (Å²) >= 11 is 1.81. The molecule has 1 atom stereocenters. The van der Waals surface area contributed by atoms with Crippen molar-refractivity contribution in [3.8, 4) is 0 Å². The highest BCUT2D eigenvalue weighted by atomic mass is 32.1. The summed E-state index contributed by atoms with van der Waals surface area (Å²) in [6, 6.07) is 2.18. The van der Waals surface area contributed by atoms with Gasteiger partial charge in [0.1, 0.15) is 0 Å². The van der Waals surface area contributed by atoms with E-state index in [0.29, 0.717) is 6.54 Å². The predicted molar refractivity (Wildman–Crippen MR) is 46.1 cm³/mol. The molecule has 0 aliphatic heterocycles. The molecule has 1 nitrogen and oxygen atoms in total. The van der Waals surface area contributed by atoms with E-state index in [4.69, 9.17) is 5.73 Å². The smallest absolute Gasteiger partial charge is 0.0248 e. The Labute approximate surface area is 61.1 Å². The molecule has 0 aromatic carbocycles. The third-order valence-electron chi connectivity index (χ3n) is 1.14. The molecule has 50 valence electrons. The molecule has 0 fully saturated rings. The van der Waals surface area contributed by atoms with Crippen LogP contribution in [0.15, 0.2) is 11.4 Å². The first-order valence-electron chi connectivity index (χ1n) is 2.82. The van der Waals surface area contributed by atoms with E-state index in [2.05, 4.69) is 18.1 Å². The molecule has 0 amide bonds. The molecule has 1 rings (SSSR count). The van der Waals surface area contributed by atoms with Crippen LogP contribution in [-0.4, -0.2) is 6.66 Å². The Morgan fingerprint density at radius 1 is 1.78 bits per heavy atom. The lowest BCUT2D eigenvalue weighted by atomic mass is 10.4. The lowest BCUT2D eigenvalue weighted by Gasteiger charge is -1.84. The summed E-state index contributed by atoms with van der Waals surface area (Å²) in [7, 11) is 0.917. The summed E-state index contributed by atoms with van der Waals surface area (Å²) < 4.78 is 1.45. The van der Waals surface area contributed by atoms with Crippen molar-refractivity contribution in [3.05, 3.63) is 17.0 Å². The molecule has 1 aromatic rings. The first-order valence-corrected chi connectivity index (χ1v) is 5.20. The fraction of sp³-hybridized carbons (Fsp3) is 0.333. The topological polar surface area (TPSA) is 26.0 Å². The fourth-order valence-electron chi connectivity index (χ4n) is 0.614. The van der Waals surface area contributed by atoms with Crippen molar-refractivity contribution in [2.45, 2.75) is 6.54 Å². The van der Waals surface area contributed by atoms with Crippen LogP contribution < -0.4 is 10.4 Å². The average Bonchev–Trinajstić information content (AvgIpc) is 2.34. The van der Waals surface area contributed by atoms with Crippen LogP contribution in [-0.2, 0) is 6.54 Å². The molecular formula is C6H10NPS. The standard InChI is InChI=1S/C6H10NPS/c1-8-6-2-5(3-7)4-9-6/h2,4,8H,3,7H2,1H3. The van der Waals surface area contributed by atoms with Crippen molar-refractivity contribution in [1.82, 2.24) is 0 Å². The molecule has 0 saturated heterocycles. The van der Waals surface area contributed by atoms with Gasteiger partial charge < -0.3 is 5.73 Å². The van der Waals surface area contributed by atoms with E-state index >= 15 is 0 Å². The zero-order chi connectivity index (χ0) is 6.69. The SMILES string of the molecule is CPc1cc(CN)cs1. The Balaban J connectivity index is 2.74. The van der Waals surface area contributed by atoms with E-state index in [9.17, 15) is 0 Å². The molecule has 2 N–H and O–H groups in total. The van der Waals surface area contributed by atoms with Crippen LogP contribution in [0, 0.1) is 0 Å². The van der Waals surface area contributed by atoms with Gasteiger partial charge in [0.15, 0.2) is 0 Å². The van der Waals surface area contributed by atoms with Crippen LogP contribution in [0.4, 0.5) is 0 Å². The molecular weight excluding hydrogens is 149 g/mol. The van der Waals surface area contributed by atoms with E-state index in [0.717, 1.165) is 8.58 Å². The summed E-state index contributed by atoms with van der Waals surface area (Å²) in [6.45, 7) is 2.87. The van der Waals surface area contributed by atoms with E-state index in [1.165, 1.54) is 10.2 Å². The molecule has 0 radical (unpaired) electrons. The second-order valence-electron chi connectivity index (χ2n) is 1.77. The van der Waals surface area contributed by atoms with Gasteiger partial charge in [-0.05, 0) is 23.7 Å². The van der Waals surface area contributed by atoms with Gasteiger partial charge in [-0.3, -0.25) is 0 Å². The molecule has 1 aromatic heterocycles. The van der Waals surface area contributed by atoms with Gasteiger partial charge in [-0.1, -0.05) is 8.58 Å². The molecule has 0 bridgehead atoms. The fourth-order valence-corrected chi connectivity index (χ4v) is 2.25. The molecule has 0 spiro atoms. The van der Waals surface area contributed by atoms with E-state index < -0.39 is 0 Å². The van der Waals surface area contributed by atoms with Crippen LogP contribution in [0.1, 0.15) is 5.56 Å². The Morgan fingerprint density at radius 3 is 2.89 bits per heavy atom. The second kappa shape index (κ2) is 3.31. The maximum atomic E-state index is 5.43. The molecule has 0 aliphatic rings. The zero-order valence-electron chi connectivity index (χ0n) is 5.35. The minimum absolute atomic E-state index is 0.682. The van der Waals surface area contributed by atoms with E-state index in [1.54, 1.807) is 11.3 Å². The van der Waals surface area contributed by atoms with Gasteiger partial charge >= 0.3 is 0 Å². The van der Waals surface area contributed by atoms with Gasteiger partial charge in [-0.2, -0.15) is 0 Å². The lowest BCUT2D eigenvalue weighted by molar-refractivity contribution is 1.08. The van der Waals surface area contributed by atoms with Crippen LogP contribution in [0.5, 0.6) is 0 Å². The highest BCUT2D eigenvalue weighted by Gasteiger charge is 1.93. The van der Waals surface area contributed by atoms with Gasteiger partial charge in [0.2, 0.25) is 0 Å². The van der Waals surface area contributed by atoms with Crippen LogP contribution in [0.2, 0.25) is 0 Å². The second-order valence-corrected chi connectivity index (χ2v) is 4.09. The lowest BCUT2D eigenvalue weighted by Crippen LogP contribution is -1.93. The van der Waals surface area contributed by atoms with Gasteiger partial charge in [0.05, 0.1) is 0 Å². The van der Waals surface area contributed by atoms with Gasteiger partial charge in [0, 0.05) is 11.2 Å². The third kappa shape index (κ3) is 1.75. The Kier molecular flexibility index (Phi) is 2.65. The Hall–Kier alpha value is 0.0900. The molecule has 3 heteroatoms. The molecule has 0 saturated carbocycles. The van der Waals surface area contributed by atoms with Crippen LogP contribution in [0.25, 0.3) is 0 Å². The highest BCUT2D eigenvalue weighted by Crippen LogP contribution is 2.12. The van der Waals surface area contributed by atoms with Gasteiger partial charge in [-0.25, -0.2) is 0 Å². The minimum atomic E-state index is 0.682. The van der Waals surface area contributed by atoms with E-state index in [-0.39, 0.29) is 0 Å². The summed E-state index contributed by atoms with van der Waals surface area (Å²) in [5, 5.41) is 2.13. The number of thiophene rings is 1. The highest BCUT2D eigenvalue weighted by molar-refractivity contribution is 7.55. The average molecular weight is 159 g/mol. The number of hydrogen-bond donors (Lipinski definition) is 1.